The number of sulfone groups is 1. The van der Waals surface area contributed by atoms with E-state index in [-0.39, 0.29) is 17.2 Å². The maximum atomic E-state index is 13.7. The second-order valence-corrected chi connectivity index (χ2v) is 7.58. The molecule has 0 unspecified atom stereocenters. The average Bonchev–Trinajstić information content (AvgIpc) is 2.49. The summed E-state index contributed by atoms with van der Waals surface area (Å²) in [6, 6.07) is 8.09. The van der Waals surface area contributed by atoms with E-state index in [1.54, 1.807) is 25.1 Å². The van der Waals surface area contributed by atoms with Crippen LogP contribution < -0.4 is 10.1 Å². The van der Waals surface area contributed by atoms with Crippen LogP contribution >= 0.6 is 11.6 Å². The summed E-state index contributed by atoms with van der Waals surface area (Å²) in [6.45, 7) is 1.44. The molecular formula is C16H15ClFNO4S. The van der Waals surface area contributed by atoms with Crippen LogP contribution in [0, 0.1) is 12.7 Å². The SMILES string of the molecule is Cc1cc(OCC(=O)Nc2cc(S(C)(=O)=O)ccc2F)ccc1Cl. The van der Waals surface area contributed by atoms with Crippen molar-refractivity contribution in [3.63, 3.8) is 0 Å². The smallest absolute Gasteiger partial charge is 0.262 e. The van der Waals surface area contributed by atoms with Gasteiger partial charge >= 0.3 is 0 Å². The highest BCUT2D eigenvalue weighted by molar-refractivity contribution is 7.90. The van der Waals surface area contributed by atoms with E-state index in [1.807, 2.05) is 0 Å². The number of nitrogens with one attached hydrogen (secondary N) is 1. The zero-order valence-electron chi connectivity index (χ0n) is 13.0. The molecule has 0 atom stereocenters. The molecule has 2 aromatic rings. The van der Waals surface area contributed by atoms with Crippen molar-refractivity contribution in [2.24, 2.45) is 0 Å². The molecule has 1 N–H and O–H groups in total. The van der Waals surface area contributed by atoms with Gasteiger partial charge in [-0.15, -0.1) is 0 Å². The van der Waals surface area contributed by atoms with Crippen LogP contribution in [0.4, 0.5) is 10.1 Å². The number of rotatable bonds is 5. The van der Waals surface area contributed by atoms with Gasteiger partial charge in [0, 0.05) is 11.3 Å². The Balaban J connectivity index is 2.05. The number of anilines is 1. The van der Waals surface area contributed by atoms with Crippen molar-refractivity contribution in [2.75, 3.05) is 18.2 Å². The van der Waals surface area contributed by atoms with E-state index in [1.165, 1.54) is 0 Å². The van der Waals surface area contributed by atoms with Gasteiger partial charge in [0.15, 0.2) is 16.4 Å². The number of carbonyl (C=O) groups is 1. The van der Waals surface area contributed by atoms with E-state index in [0.717, 1.165) is 30.0 Å². The standard InChI is InChI=1S/C16H15ClFNO4S/c1-10-7-11(3-5-13(10)17)23-9-16(20)19-15-8-12(24(2,21)22)4-6-14(15)18/h3-8H,9H2,1-2H3,(H,19,20). The minimum Gasteiger partial charge on any atom is -0.484 e. The Kier molecular flexibility index (Phi) is 5.46. The molecule has 24 heavy (non-hydrogen) atoms. The monoisotopic (exact) mass is 371 g/mol. The first kappa shape index (κ1) is 18.2. The lowest BCUT2D eigenvalue weighted by atomic mass is 10.2. The molecule has 0 radical (unpaired) electrons. The van der Waals surface area contributed by atoms with Crippen LogP contribution in [0.2, 0.25) is 5.02 Å². The summed E-state index contributed by atoms with van der Waals surface area (Å²) in [6.07, 6.45) is 0.998. The topological polar surface area (TPSA) is 72.5 Å². The molecule has 0 bridgehead atoms. The molecule has 0 aliphatic heterocycles. The Morgan fingerprint density at radius 1 is 1.25 bits per heavy atom. The van der Waals surface area contributed by atoms with Gasteiger partial charge in [-0.3, -0.25) is 4.79 Å². The maximum Gasteiger partial charge on any atom is 0.262 e. The zero-order valence-corrected chi connectivity index (χ0v) is 14.5. The summed E-state index contributed by atoms with van der Waals surface area (Å²) in [5.74, 6) is -0.914. The summed E-state index contributed by atoms with van der Waals surface area (Å²) >= 11 is 5.89. The number of aryl methyl sites for hydroxylation is 1. The van der Waals surface area contributed by atoms with Crippen LogP contribution in [0.3, 0.4) is 0 Å². The van der Waals surface area contributed by atoms with Gasteiger partial charge in [0.25, 0.3) is 5.91 Å². The van der Waals surface area contributed by atoms with E-state index < -0.39 is 21.6 Å². The Bertz CT molecular complexity index is 884. The minimum atomic E-state index is -3.50. The predicted molar refractivity (Wildman–Crippen MR) is 89.8 cm³/mol. The summed E-state index contributed by atoms with van der Waals surface area (Å²) < 4.78 is 42.0. The predicted octanol–water partition coefficient (Wildman–Crippen LogP) is 3.21. The molecule has 2 aromatic carbocycles. The van der Waals surface area contributed by atoms with Gasteiger partial charge in [0.2, 0.25) is 0 Å². The fourth-order valence-electron chi connectivity index (χ4n) is 1.87. The van der Waals surface area contributed by atoms with Crippen molar-refractivity contribution in [1.82, 2.24) is 0 Å². The van der Waals surface area contributed by atoms with Gasteiger partial charge in [-0.1, -0.05) is 11.6 Å². The number of benzene rings is 2. The fourth-order valence-corrected chi connectivity index (χ4v) is 2.64. The summed E-state index contributed by atoms with van der Waals surface area (Å²) in [5, 5.41) is 2.86. The first-order valence-corrected chi connectivity index (χ1v) is 9.12. The maximum absolute atomic E-state index is 13.7. The Morgan fingerprint density at radius 3 is 2.58 bits per heavy atom. The third-order valence-corrected chi connectivity index (χ3v) is 4.67. The Morgan fingerprint density at radius 2 is 1.96 bits per heavy atom. The molecule has 1 amide bonds. The van der Waals surface area contributed by atoms with Crippen LogP contribution in [0.15, 0.2) is 41.3 Å². The van der Waals surface area contributed by atoms with Gasteiger partial charge in [-0.05, 0) is 48.9 Å². The van der Waals surface area contributed by atoms with Crippen molar-refractivity contribution < 1.29 is 22.3 Å². The number of amides is 1. The van der Waals surface area contributed by atoms with Crippen LogP contribution in [0.1, 0.15) is 5.56 Å². The van der Waals surface area contributed by atoms with Crippen molar-refractivity contribution in [3.8, 4) is 5.75 Å². The molecule has 5 nitrogen and oxygen atoms in total. The Hall–Kier alpha value is -2.12. The van der Waals surface area contributed by atoms with Gasteiger partial charge in [-0.25, -0.2) is 12.8 Å². The highest BCUT2D eigenvalue weighted by Crippen LogP contribution is 2.22. The second-order valence-electron chi connectivity index (χ2n) is 5.16. The van der Waals surface area contributed by atoms with Crippen molar-refractivity contribution in [3.05, 3.63) is 52.8 Å². The largest absolute Gasteiger partial charge is 0.484 e. The van der Waals surface area contributed by atoms with Crippen molar-refractivity contribution >= 4 is 33.0 Å². The quantitative estimate of drug-likeness (QED) is 0.819. The molecule has 0 saturated heterocycles. The third-order valence-electron chi connectivity index (χ3n) is 3.14. The second kappa shape index (κ2) is 7.19. The molecule has 2 rings (SSSR count). The van der Waals surface area contributed by atoms with Crippen molar-refractivity contribution in [2.45, 2.75) is 11.8 Å². The summed E-state index contributed by atoms with van der Waals surface area (Å²) in [4.78, 5) is 11.8. The van der Waals surface area contributed by atoms with Crippen LogP contribution in [0.5, 0.6) is 5.75 Å². The number of hydrogen-bond donors (Lipinski definition) is 1. The lowest BCUT2D eigenvalue weighted by molar-refractivity contribution is -0.118. The fraction of sp³-hybridized carbons (Fsp3) is 0.188. The Labute approximate surface area is 144 Å². The van der Waals surface area contributed by atoms with Crippen LogP contribution in [0.25, 0.3) is 0 Å². The van der Waals surface area contributed by atoms with E-state index >= 15 is 0 Å². The number of halogens is 2. The number of ether oxygens (including phenoxy) is 1. The van der Waals surface area contributed by atoms with Crippen molar-refractivity contribution in [1.29, 1.82) is 0 Å². The van der Waals surface area contributed by atoms with Gasteiger partial charge in [0.1, 0.15) is 11.6 Å². The summed E-state index contributed by atoms with van der Waals surface area (Å²) in [5.41, 5.74) is 0.570. The van der Waals surface area contributed by atoms with Gasteiger partial charge in [-0.2, -0.15) is 0 Å². The molecular weight excluding hydrogens is 357 g/mol. The van der Waals surface area contributed by atoms with E-state index in [2.05, 4.69) is 5.32 Å². The molecule has 0 aliphatic carbocycles. The van der Waals surface area contributed by atoms with E-state index in [0.29, 0.717) is 10.8 Å². The highest BCUT2D eigenvalue weighted by atomic mass is 35.5. The molecule has 0 aliphatic rings. The summed E-state index contributed by atoms with van der Waals surface area (Å²) in [7, 11) is -3.50. The van der Waals surface area contributed by atoms with Crippen LogP contribution in [-0.4, -0.2) is 27.2 Å². The molecule has 0 aromatic heterocycles. The third kappa shape index (κ3) is 4.69. The molecule has 8 heteroatoms. The van der Waals surface area contributed by atoms with Crippen LogP contribution in [-0.2, 0) is 14.6 Å². The normalized spacial score (nSPS) is 11.2. The minimum absolute atomic E-state index is 0.0894. The molecule has 128 valence electrons. The van der Waals surface area contributed by atoms with Gasteiger partial charge < -0.3 is 10.1 Å². The number of hydrogen-bond acceptors (Lipinski definition) is 4. The molecule has 0 saturated carbocycles. The van der Waals surface area contributed by atoms with Gasteiger partial charge in [0.05, 0.1) is 10.6 Å². The molecule has 0 spiro atoms. The zero-order chi connectivity index (χ0) is 17.9. The first-order valence-electron chi connectivity index (χ1n) is 6.85. The average molecular weight is 372 g/mol. The van der Waals surface area contributed by atoms with E-state index in [4.69, 9.17) is 16.3 Å². The molecule has 0 heterocycles. The highest BCUT2D eigenvalue weighted by Gasteiger charge is 2.13. The van der Waals surface area contributed by atoms with E-state index in [9.17, 15) is 17.6 Å². The lowest BCUT2D eigenvalue weighted by Crippen LogP contribution is -2.21. The number of carbonyl (C=O) groups excluding carboxylic acids is 1. The molecule has 0 fully saturated rings. The first-order chi connectivity index (χ1) is 11.2. The lowest BCUT2D eigenvalue weighted by Gasteiger charge is -2.10.